The van der Waals surface area contributed by atoms with Gasteiger partial charge in [0.2, 0.25) is 0 Å². The summed E-state index contributed by atoms with van der Waals surface area (Å²) in [7, 11) is 2.19. The summed E-state index contributed by atoms with van der Waals surface area (Å²) in [5.74, 6) is 0.990. The third kappa shape index (κ3) is 2.46. The first-order valence-electron chi connectivity index (χ1n) is 7.80. The summed E-state index contributed by atoms with van der Waals surface area (Å²) in [5, 5.41) is 4.54. The van der Waals surface area contributed by atoms with E-state index in [0.717, 1.165) is 55.2 Å². The van der Waals surface area contributed by atoms with Gasteiger partial charge in [0.05, 0.1) is 11.1 Å². The van der Waals surface area contributed by atoms with Crippen molar-refractivity contribution < 1.29 is 0 Å². The van der Waals surface area contributed by atoms with Gasteiger partial charge in [-0.25, -0.2) is 9.67 Å². The van der Waals surface area contributed by atoms with Crippen LogP contribution in [-0.4, -0.2) is 44.4 Å². The zero-order valence-corrected chi connectivity index (χ0v) is 14.1. The second-order valence-corrected chi connectivity index (χ2v) is 6.72. The van der Waals surface area contributed by atoms with Crippen LogP contribution >= 0.6 is 11.6 Å². The zero-order chi connectivity index (χ0) is 15.1. The number of hydrogen-bond acceptors (Lipinski definition) is 3. The van der Waals surface area contributed by atoms with E-state index in [-0.39, 0.29) is 5.38 Å². The molecule has 0 N–H and O–H groups in total. The van der Waals surface area contributed by atoms with Crippen LogP contribution < -0.4 is 0 Å². The van der Waals surface area contributed by atoms with Crippen molar-refractivity contribution in [1.29, 1.82) is 0 Å². The molecular weight excluding hydrogens is 286 g/mol. The van der Waals surface area contributed by atoms with E-state index in [9.17, 15) is 0 Å². The maximum atomic E-state index is 6.41. The number of piperidine rings is 1. The molecule has 5 nitrogen and oxygen atoms in total. The number of halogens is 1. The highest BCUT2D eigenvalue weighted by atomic mass is 35.5. The Kier molecular flexibility index (Phi) is 3.97. The highest BCUT2D eigenvalue weighted by Gasteiger charge is 2.27. The van der Waals surface area contributed by atoms with Gasteiger partial charge >= 0.3 is 0 Å². The van der Waals surface area contributed by atoms with Crippen LogP contribution in [0.2, 0.25) is 0 Å². The standard InChI is InChI=1S/C15H24ClN5/c1-5-20-15-13(11(3)18-20)17-14(10(2)16)21(15)12-6-8-19(4)9-7-12/h10,12H,5-9H2,1-4H3. The van der Waals surface area contributed by atoms with Gasteiger partial charge in [0, 0.05) is 12.6 Å². The summed E-state index contributed by atoms with van der Waals surface area (Å²) in [5.41, 5.74) is 3.16. The summed E-state index contributed by atoms with van der Waals surface area (Å²) >= 11 is 6.41. The first kappa shape index (κ1) is 14.9. The minimum atomic E-state index is -0.0817. The van der Waals surface area contributed by atoms with Crippen LogP contribution in [0.1, 0.15) is 49.6 Å². The lowest BCUT2D eigenvalue weighted by Gasteiger charge is -2.31. The minimum Gasteiger partial charge on any atom is -0.308 e. The Bertz CT molecular complexity index is 634. The number of likely N-dealkylation sites (tertiary alicyclic amines) is 1. The molecule has 1 atom stereocenters. The molecule has 116 valence electrons. The summed E-state index contributed by atoms with van der Waals surface area (Å²) in [6.07, 6.45) is 2.29. The molecule has 1 aliphatic rings. The van der Waals surface area contributed by atoms with Crippen LogP contribution in [0.5, 0.6) is 0 Å². The van der Waals surface area contributed by atoms with Crippen LogP contribution in [-0.2, 0) is 6.54 Å². The third-order valence-corrected chi connectivity index (χ3v) is 4.67. The fourth-order valence-electron chi connectivity index (χ4n) is 3.32. The van der Waals surface area contributed by atoms with Crippen molar-refractivity contribution in [3.05, 3.63) is 11.5 Å². The molecule has 3 rings (SSSR count). The molecule has 6 heteroatoms. The van der Waals surface area contributed by atoms with Crippen LogP contribution in [0.3, 0.4) is 0 Å². The molecule has 1 aliphatic heterocycles. The quantitative estimate of drug-likeness (QED) is 0.818. The van der Waals surface area contributed by atoms with E-state index in [4.69, 9.17) is 16.6 Å². The number of fused-ring (bicyclic) bond motifs is 1. The Hall–Kier alpha value is -1.07. The molecule has 2 aromatic heterocycles. The number of aryl methyl sites for hydroxylation is 2. The highest BCUT2D eigenvalue weighted by Crippen LogP contribution is 2.33. The summed E-state index contributed by atoms with van der Waals surface area (Å²) in [6.45, 7) is 9.27. The van der Waals surface area contributed by atoms with E-state index in [1.807, 2.05) is 13.8 Å². The second kappa shape index (κ2) is 5.61. The molecule has 1 fully saturated rings. The molecule has 0 amide bonds. The molecule has 3 heterocycles. The molecule has 0 aromatic carbocycles. The molecule has 0 aliphatic carbocycles. The number of alkyl halides is 1. The number of imidazole rings is 1. The molecule has 21 heavy (non-hydrogen) atoms. The average molecular weight is 310 g/mol. The number of nitrogens with zero attached hydrogens (tertiary/aromatic N) is 5. The lowest BCUT2D eigenvalue weighted by Crippen LogP contribution is -2.32. The van der Waals surface area contributed by atoms with E-state index < -0.39 is 0 Å². The number of aromatic nitrogens is 4. The molecule has 1 saturated heterocycles. The fraction of sp³-hybridized carbons (Fsp3) is 0.733. The van der Waals surface area contributed by atoms with Crippen molar-refractivity contribution in [1.82, 2.24) is 24.2 Å². The van der Waals surface area contributed by atoms with E-state index in [2.05, 4.69) is 33.2 Å². The van der Waals surface area contributed by atoms with Crippen LogP contribution in [0.25, 0.3) is 11.2 Å². The SMILES string of the molecule is CCn1nc(C)c2nc(C(C)Cl)n(C3CCN(C)CC3)c21. The highest BCUT2D eigenvalue weighted by molar-refractivity contribution is 6.20. The number of rotatable bonds is 3. The Morgan fingerprint density at radius 1 is 1.33 bits per heavy atom. The van der Waals surface area contributed by atoms with E-state index in [0.29, 0.717) is 6.04 Å². The van der Waals surface area contributed by atoms with Crippen molar-refractivity contribution in [2.75, 3.05) is 20.1 Å². The van der Waals surface area contributed by atoms with Gasteiger partial charge in [0.15, 0.2) is 5.65 Å². The zero-order valence-electron chi connectivity index (χ0n) is 13.3. The topological polar surface area (TPSA) is 38.9 Å². The van der Waals surface area contributed by atoms with Gasteiger partial charge in [-0.1, -0.05) is 0 Å². The number of hydrogen-bond donors (Lipinski definition) is 0. The molecule has 0 spiro atoms. The van der Waals surface area contributed by atoms with Gasteiger partial charge in [0.25, 0.3) is 0 Å². The molecule has 2 aromatic rings. The fourth-order valence-corrected chi connectivity index (χ4v) is 3.47. The maximum Gasteiger partial charge on any atom is 0.159 e. The molecule has 0 bridgehead atoms. The van der Waals surface area contributed by atoms with Crippen LogP contribution in [0.4, 0.5) is 0 Å². The summed E-state index contributed by atoms with van der Waals surface area (Å²) in [4.78, 5) is 7.19. The van der Waals surface area contributed by atoms with E-state index in [1.165, 1.54) is 0 Å². The van der Waals surface area contributed by atoms with E-state index in [1.54, 1.807) is 0 Å². The lowest BCUT2D eigenvalue weighted by atomic mass is 10.1. The Morgan fingerprint density at radius 2 is 2.00 bits per heavy atom. The average Bonchev–Trinajstić information content (AvgIpc) is 2.98. The predicted octanol–water partition coefficient (Wildman–Crippen LogP) is 3.13. The summed E-state index contributed by atoms with van der Waals surface area (Å²) < 4.78 is 4.43. The van der Waals surface area contributed by atoms with Gasteiger partial charge in [-0.3, -0.25) is 0 Å². The molecular formula is C15H24ClN5. The van der Waals surface area contributed by atoms with Crippen molar-refractivity contribution >= 4 is 22.8 Å². The van der Waals surface area contributed by atoms with Gasteiger partial charge in [0.1, 0.15) is 11.3 Å². The normalized spacial score (nSPS) is 19.5. The van der Waals surface area contributed by atoms with Gasteiger partial charge in [-0.15, -0.1) is 11.6 Å². The lowest BCUT2D eigenvalue weighted by molar-refractivity contribution is 0.220. The van der Waals surface area contributed by atoms with Gasteiger partial charge in [-0.2, -0.15) is 5.10 Å². The molecule has 0 saturated carbocycles. The van der Waals surface area contributed by atoms with Crippen molar-refractivity contribution in [2.45, 2.75) is 51.6 Å². The largest absolute Gasteiger partial charge is 0.308 e. The van der Waals surface area contributed by atoms with Gasteiger partial charge < -0.3 is 9.47 Å². The Labute approximate surface area is 130 Å². The minimum absolute atomic E-state index is 0.0817. The Balaban J connectivity index is 2.15. The third-order valence-electron chi connectivity index (χ3n) is 4.48. The van der Waals surface area contributed by atoms with Gasteiger partial charge in [-0.05, 0) is 53.8 Å². The molecule has 0 radical (unpaired) electrons. The first-order chi connectivity index (χ1) is 10.0. The van der Waals surface area contributed by atoms with Crippen LogP contribution in [0.15, 0.2) is 0 Å². The summed E-state index contributed by atoms with van der Waals surface area (Å²) in [6, 6.07) is 0.476. The maximum absolute atomic E-state index is 6.41. The first-order valence-corrected chi connectivity index (χ1v) is 8.24. The van der Waals surface area contributed by atoms with Crippen LogP contribution in [0, 0.1) is 6.92 Å². The smallest absolute Gasteiger partial charge is 0.159 e. The monoisotopic (exact) mass is 309 g/mol. The van der Waals surface area contributed by atoms with Crippen molar-refractivity contribution in [3.63, 3.8) is 0 Å². The van der Waals surface area contributed by atoms with Crippen molar-refractivity contribution in [3.8, 4) is 0 Å². The van der Waals surface area contributed by atoms with Crippen molar-refractivity contribution in [2.24, 2.45) is 0 Å². The Morgan fingerprint density at radius 3 is 2.57 bits per heavy atom. The molecule has 1 unspecified atom stereocenters. The second-order valence-electron chi connectivity index (χ2n) is 6.06. The predicted molar refractivity (Wildman–Crippen MR) is 86.0 cm³/mol. The van der Waals surface area contributed by atoms with E-state index >= 15 is 0 Å².